The SMILES string of the molecule is Cc1cccc2c1CCN2C(=O)C1(N)CCSC1. The number of thioether (sulfide) groups is 1. The highest BCUT2D eigenvalue weighted by atomic mass is 32.2. The number of aryl methyl sites for hydroxylation is 1. The van der Waals surface area contributed by atoms with Gasteiger partial charge in [0.25, 0.3) is 0 Å². The standard InChI is InChI=1S/C14H18N2OS/c1-10-3-2-4-12-11(10)5-7-16(12)13(17)14(15)6-8-18-9-14/h2-4H,5-9,15H2,1H3. The molecule has 0 spiro atoms. The summed E-state index contributed by atoms with van der Waals surface area (Å²) in [6.07, 6.45) is 1.76. The second kappa shape index (κ2) is 4.28. The Labute approximate surface area is 112 Å². The molecule has 0 aromatic heterocycles. The molecule has 1 amide bonds. The molecule has 0 bridgehead atoms. The first-order chi connectivity index (χ1) is 8.62. The number of nitrogens with two attached hydrogens (primary N) is 1. The Kier molecular flexibility index (Phi) is 2.87. The number of nitrogens with zero attached hydrogens (tertiary/aromatic N) is 1. The van der Waals surface area contributed by atoms with Crippen LogP contribution in [0, 0.1) is 6.92 Å². The fourth-order valence-corrected chi connectivity index (χ4v) is 4.12. The van der Waals surface area contributed by atoms with E-state index in [4.69, 9.17) is 5.73 Å². The minimum atomic E-state index is -0.643. The predicted octanol–water partition coefficient (Wildman–Crippen LogP) is 1.72. The van der Waals surface area contributed by atoms with Crippen LogP contribution in [0.5, 0.6) is 0 Å². The van der Waals surface area contributed by atoms with E-state index in [1.165, 1.54) is 11.1 Å². The van der Waals surface area contributed by atoms with Gasteiger partial charge in [-0.05, 0) is 42.7 Å². The van der Waals surface area contributed by atoms with Gasteiger partial charge in [0.2, 0.25) is 5.91 Å². The first kappa shape index (κ1) is 12.1. The molecule has 96 valence electrons. The molecular formula is C14H18N2OS. The van der Waals surface area contributed by atoms with Crippen LogP contribution in [-0.2, 0) is 11.2 Å². The minimum absolute atomic E-state index is 0.108. The van der Waals surface area contributed by atoms with Crippen molar-refractivity contribution >= 4 is 23.4 Å². The maximum atomic E-state index is 12.6. The Balaban J connectivity index is 1.93. The number of anilines is 1. The molecule has 1 aromatic carbocycles. The maximum Gasteiger partial charge on any atom is 0.247 e. The van der Waals surface area contributed by atoms with E-state index in [0.717, 1.165) is 36.6 Å². The molecule has 1 aromatic rings. The molecule has 1 unspecified atom stereocenters. The van der Waals surface area contributed by atoms with Gasteiger partial charge < -0.3 is 10.6 Å². The number of rotatable bonds is 1. The van der Waals surface area contributed by atoms with E-state index < -0.39 is 5.54 Å². The first-order valence-electron chi connectivity index (χ1n) is 6.39. The third-order valence-corrected chi connectivity index (χ3v) is 5.20. The lowest BCUT2D eigenvalue weighted by atomic mass is 9.98. The van der Waals surface area contributed by atoms with E-state index in [2.05, 4.69) is 13.0 Å². The largest absolute Gasteiger partial charge is 0.317 e. The summed E-state index contributed by atoms with van der Waals surface area (Å²) in [5.41, 5.74) is 9.27. The van der Waals surface area contributed by atoms with Gasteiger partial charge in [0.1, 0.15) is 5.54 Å². The van der Waals surface area contributed by atoms with Gasteiger partial charge in [0.15, 0.2) is 0 Å². The third kappa shape index (κ3) is 1.75. The molecule has 2 heterocycles. The molecule has 1 atom stereocenters. The van der Waals surface area contributed by atoms with Crippen molar-refractivity contribution in [1.29, 1.82) is 0 Å². The van der Waals surface area contributed by atoms with Crippen LogP contribution in [-0.4, -0.2) is 29.5 Å². The zero-order valence-corrected chi connectivity index (χ0v) is 11.4. The summed E-state index contributed by atoms with van der Waals surface area (Å²) in [6.45, 7) is 2.89. The zero-order valence-electron chi connectivity index (χ0n) is 10.6. The lowest BCUT2D eigenvalue weighted by Gasteiger charge is -2.28. The quantitative estimate of drug-likeness (QED) is 0.838. The molecule has 0 radical (unpaired) electrons. The highest BCUT2D eigenvalue weighted by Gasteiger charge is 2.42. The zero-order chi connectivity index (χ0) is 12.8. The van der Waals surface area contributed by atoms with E-state index in [0.29, 0.717) is 0 Å². The lowest BCUT2D eigenvalue weighted by Crippen LogP contribution is -2.55. The topological polar surface area (TPSA) is 46.3 Å². The highest BCUT2D eigenvalue weighted by molar-refractivity contribution is 7.99. The number of benzene rings is 1. The molecule has 18 heavy (non-hydrogen) atoms. The van der Waals surface area contributed by atoms with Gasteiger partial charge in [-0.15, -0.1) is 0 Å². The fourth-order valence-electron chi connectivity index (χ4n) is 2.84. The van der Waals surface area contributed by atoms with Crippen LogP contribution in [0.4, 0.5) is 5.69 Å². The van der Waals surface area contributed by atoms with E-state index in [-0.39, 0.29) is 5.91 Å². The lowest BCUT2D eigenvalue weighted by molar-refractivity contribution is -0.122. The number of carbonyl (C=O) groups is 1. The summed E-state index contributed by atoms with van der Waals surface area (Å²) in [7, 11) is 0. The second-order valence-electron chi connectivity index (χ2n) is 5.24. The van der Waals surface area contributed by atoms with Crippen molar-refractivity contribution < 1.29 is 4.79 Å². The smallest absolute Gasteiger partial charge is 0.247 e. The Morgan fingerprint density at radius 2 is 2.33 bits per heavy atom. The molecule has 2 aliphatic heterocycles. The molecule has 3 rings (SSSR count). The second-order valence-corrected chi connectivity index (χ2v) is 6.34. The fraction of sp³-hybridized carbons (Fsp3) is 0.500. The van der Waals surface area contributed by atoms with Crippen molar-refractivity contribution in [2.24, 2.45) is 5.73 Å². The molecule has 1 fully saturated rings. The molecule has 2 aliphatic rings. The summed E-state index contributed by atoms with van der Waals surface area (Å²) in [4.78, 5) is 14.5. The van der Waals surface area contributed by atoms with E-state index >= 15 is 0 Å². The summed E-state index contributed by atoms with van der Waals surface area (Å²) in [5, 5.41) is 0. The van der Waals surface area contributed by atoms with Gasteiger partial charge >= 0.3 is 0 Å². The monoisotopic (exact) mass is 262 g/mol. The summed E-state index contributed by atoms with van der Waals surface area (Å²) in [5.74, 6) is 1.86. The molecule has 3 nitrogen and oxygen atoms in total. The molecular weight excluding hydrogens is 244 g/mol. The van der Waals surface area contributed by atoms with Crippen molar-refractivity contribution in [3.8, 4) is 0 Å². The predicted molar refractivity (Wildman–Crippen MR) is 76.1 cm³/mol. The summed E-state index contributed by atoms with van der Waals surface area (Å²) >= 11 is 1.78. The van der Waals surface area contributed by atoms with Crippen molar-refractivity contribution in [2.75, 3.05) is 23.0 Å². The Hall–Kier alpha value is -1.000. The average Bonchev–Trinajstić information content (AvgIpc) is 2.96. The third-order valence-electron chi connectivity index (χ3n) is 3.98. The van der Waals surface area contributed by atoms with Gasteiger partial charge in [0.05, 0.1) is 0 Å². The van der Waals surface area contributed by atoms with Crippen LogP contribution in [0.1, 0.15) is 17.5 Å². The number of carbonyl (C=O) groups excluding carboxylic acids is 1. The molecule has 0 saturated carbocycles. The molecule has 1 saturated heterocycles. The van der Waals surface area contributed by atoms with Crippen molar-refractivity contribution in [1.82, 2.24) is 0 Å². The highest BCUT2D eigenvalue weighted by Crippen LogP contribution is 2.34. The van der Waals surface area contributed by atoms with Crippen LogP contribution in [0.3, 0.4) is 0 Å². The van der Waals surface area contributed by atoms with Crippen LogP contribution in [0.2, 0.25) is 0 Å². The van der Waals surface area contributed by atoms with Gasteiger partial charge in [-0.3, -0.25) is 4.79 Å². The van der Waals surface area contributed by atoms with Crippen molar-refractivity contribution in [2.45, 2.75) is 25.3 Å². The van der Waals surface area contributed by atoms with Crippen molar-refractivity contribution in [3.05, 3.63) is 29.3 Å². The van der Waals surface area contributed by atoms with E-state index in [1.807, 2.05) is 17.0 Å². The number of fused-ring (bicyclic) bond motifs is 1. The van der Waals surface area contributed by atoms with E-state index in [9.17, 15) is 4.79 Å². The van der Waals surface area contributed by atoms with Crippen LogP contribution in [0.25, 0.3) is 0 Å². The van der Waals surface area contributed by atoms with Crippen LogP contribution >= 0.6 is 11.8 Å². The summed E-state index contributed by atoms with van der Waals surface area (Å²) in [6, 6.07) is 6.17. The molecule has 4 heteroatoms. The molecule has 0 aliphatic carbocycles. The number of hydrogen-bond acceptors (Lipinski definition) is 3. The first-order valence-corrected chi connectivity index (χ1v) is 7.54. The minimum Gasteiger partial charge on any atom is -0.317 e. The Morgan fingerprint density at radius 3 is 3.06 bits per heavy atom. The summed E-state index contributed by atoms with van der Waals surface area (Å²) < 4.78 is 0. The Bertz CT molecular complexity index is 495. The van der Waals surface area contributed by atoms with Gasteiger partial charge in [-0.25, -0.2) is 0 Å². The Morgan fingerprint density at radius 1 is 1.50 bits per heavy atom. The number of amides is 1. The van der Waals surface area contributed by atoms with Gasteiger partial charge in [0, 0.05) is 18.0 Å². The van der Waals surface area contributed by atoms with E-state index in [1.54, 1.807) is 11.8 Å². The normalized spacial score (nSPS) is 26.4. The number of hydrogen-bond donors (Lipinski definition) is 1. The average molecular weight is 262 g/mol. The molecule has 2 N–H and O–H groups in total. The van der Waals surface area contributed by atoms with Crippen LogP contribution < -0.4 is 10.6 Å². The van der Waals surface area contributed by atoms with Crippen molar-refractivity contribution in [3.63, 3.8) is 0 Å². The van der Waals surface area contributed by atoms with Gasteiger partial charge in [-0.1, -0.05) is 12.1 Å². The van der Waals surface area contributed by atoms with Gasteiger partial charge in [-0.2, -0.15) is 11.8 Å². The maximum absolute atomic E-state index is 12.6. The van der Waals surface area contributed by atoms with Crippen LogP contribution in [0.15, 0.2) is 18.2 Å².